The second-order valence-corrected chi connectivity index (χ2v) is 6.33. The first-order chi connectivity index (χ1) is 11.5. The van der Waals surface area contributed by atoms with E-state index in [1.165, 1.54) is 0 Å². The summed E-state index contributed by atoms with van der Waals surface area (Å²) in [7, 11) is 3.13. The summed E-state index contributed by atoms with van der Waals surface area (Å²) in [5.41, 5.74) is 6.83. The van der Waals surface area contributed by atoms with E-state index in [9.17, 15) is 9.90 Å². The minimum atomic E-state index is -0.929. The normalized spacial score (nSPS) is 21.8. The molecule has 1 atom stereocenters. The molecule has 7 nitrogen and oxygen atoms in total. The zero-order valence-corrected chi connectivity index (χ0v) is 15.3. The van der Waals surface area contributed by atoms with Crippen molar-refractivity contribution in [1.82, 2.24) is 4.90 Å². The third-order valence-corrected chi connectivity index (χ3v) is 4.89. The van der Waals surface area contributed by atoms with E-state index in [4.69, 9.17) is 19.9 Å². The molecule has 0 radical (unpaired) electrons. The van der Waals surface area contributed by atoms with Crippen LogP contribution in [0, 0.1) is 0 Å². The van der Waals surface area contributed by atoms with Crippen LogP contribution in [0.1, 0.15) is 30.1 Å². The van der Waals surface area contributed by atoms with Crippen LogP contribution in [0.4, 0.5) is 0 Å². The van der Waals surface area contributed by atoms with Crippen LogP contribution in [0.5, 0.6) is 11.5 Å². The Hall–Kier alpha value is -1.54. The summed E-state index contributed by atoms with van der Waals surface area (Å²) in [6, 6.07) is 3.55. The molecule has 0 aliphatic carbocycles. The summed E-state index contributed by atoms with van der Waals surface area (Å²) < 4.78 is 16.1. The first kappa shape index (κ1) is 19.8. The lowest BCUT2D eigenvalue weighted by atomic mass is 9.87. The number of aliphatic hydroxyl groups is 1. The van der Waals surface area contributed by atoms with Gasteiger partial charge in [-0.15, -0.1) is 12.4 Å². The van der Waals surface area contributed by atoms with E-state index in [1.54, 1.807) is 31.3 Å². The van der Waals surface area contributed by atoms with Crippen LogP contribution in [0.15, 0.2) is 12.1 Å². The van der Waals surface area contributed by atoms with Gasteiger partial charge in [-0.1, -0.05) is 0 Å². The summed E-state index contributed by atoms with van der Waals surface area (Å²) in [5.74, 6) is 1.07. The van der Waals surface area contributed by atoms with Gasteiger partial charge < -0.3 is 30.0 Å². The number of nitrogens with two attached hydrogens (primary N) is 1. The smallest absolute Gasteiger partial charge is 0.243 e. The molecule has 1 amide bonds. The van der Waals surface area contributed by atoms with Gasteiger partial charge in [-0.25, -0.2) is 0 Å². The highest BCUT2D eigenvalue weighted by atomic mass is 35.5. The minimum absolute atomic E-state index is 0. The van der Waals surface area contributed by atoms with Gasteiger partial charge in [-0.3, -0.25) is 4.79 Å². The van der Waals surface area contributed by atoms with E-state index in [1.807, 2.05) is 0 Å². The average Bonchev–Trinajstić information content (AvgIpc) is 2.60. The third-order valence-electron chi connectivity index (χ3n) is 4.89. The van der Waals surface area contributed by atoms with Gasteiger partial charge in [0, 0.05) is 30.9 Å². The molecule has 1 aromatic rings. The predicted octanol–water partition coefficient (Wildman–Crippen LogP) is 1.01. The van der Waals surface area contributed by atoms with Crippen molar-refractivity contribution in [2.24, 2.45) is 5.73 Å². The number of carbonyl (C=O) groups excluding carboxylic acids is 1. The van der Waals surface area contributed by atoms with E-state index in [2.05, 4.69) is 0 Å². The Morgan fingerprint density at radius 3 is 2.48 bits per heavy atom. The second kappa shape index (κ2) is 7.78. The third kappa shape index (κ3) is 3.55. The van der Waals surface area contributed by atoms with Crippen molar-refractivity contribution in [3.05, 3.63) is 23.3 Å². The van der Waals surface area contributed by atoms with Crippen LogP contribution in [0.25, 0.3) is 0 Å². The summed E-state index contributed by atoms with van der Waals surface area (Å²) in [6.45, 7) is 1.49. The van der Waals surface area contributed by atoms with Gasteiger partial charge in [0.05, 0.1) is 26.3 Å². The highest BCUT2D eigenvalue weighted by Gasteiger charge is 2.42. The molecule has 2 heterocycles. The lowest BCUT2D eigenvalue weighted by Crippen LogP contribution is -2.59. The monoisotopic (exact) mass is 372 g/mol. The zero-order valence-electron chi connectivity index (χ0n) is 14.5. The van der Waals surface area contributed by atoms with Gasteiger partial charge in [-0.05, 0) is 25.0 Å². The topological polar surface area (TPSA) is 94.3 Å². The number of aliphatic hydroxyl groups excluding tert-OH is 1. The average molecular weight is 373 g/mol. The summed E-state index contributed by atoms with van der Waals surface area (Å²) >= 11 is 0. The molecule has 3 rings (SSSR count). The molecule has 2 aliphatic heterocycles. The number of benzene rings is 1. The van der Waals surface area contributed by atoms with E-state index >= 15 is 0 Å². The Labute approximate surface area is 153 Å². The molecule has 3 N–H and O–H groups in total. The van der Waals surface area contributed by atoms with E-state index < -0.39 is 11.6 Å². The van der Waals surface area contributed by atoms with Crippen LogP contribution < -0.4 is 15.2 Å². The maximum Gasteiger partial charge on any atom is 0.243 e. The number of fused-ring (bicyclic) bond motifs is 1. The Kier molecular flexibility index (Phi) is 6.16. The summed E-state index contributed by atoms with van der Waals surface area (Å²) in [4.78, 5) is 14.6. The Bertz CT molecular complexity index is 634. The lowest BCUT2D eigenvalue weighted by Gasteiger charge is -2.40. The van der Waals surface area contributed by atoms with Crippen molar-refractivity contribution in [2.45, 2.75) is 31.0 Å². The van der Waals surface area contributed by atoms with Crippen LogP contribution >= 0.6 is 12.4 Å². The minimum Gasteiger partial charge on any atom is -0.496 e. The molecule has 8 heteroatoms. The van der Waals surface area contributed by atoms with Gasteiger partial charge >= 0.3 is 0 Å². The van der Waals surface area contributed by atoms with Crippen molar-refractivity contribution in [3.63, 3.8) is 0 Å². The molecule has 1 unspecified atom stereocenters. The van der Waals surface area contributed by atoms with Gasteiger partial charge in [0.2, 0.25) is 5.91 Å². The van der Waals surface area contributed by atoms with Gasteiger partial charge in [0.15, 0.2) is 0 Å². The lowest BCUT2D eigenvalue weighted by molar-refractivity contribution is -0.143. The van der Waals surface area contributed by atoms with Crippen molar-refractivity contribution in [1.29, 1.82) is 0 Å². The van der Waals surface area contributed by atoms with Crippen LogP contribution in [0.2, 0.25) is 0 Å². The fraction of sp³-hybridized carbons (Fsp3) is 0.588. The Balaban J connectivity index is 0.00000225. The van der Waals surface area contributed by atoms with Crippen LogP contribution in [0.3, 0.4) is 0 Å². The number of nitrogens with zero attached hydrogens (tertiary/aromatic N) is 1. The maximum absolute atomic E-state index is 12.9. The number of halogens is 1. The molecule has 0 saturated carbocycles. The Morgan fingerprint density at radius 1 is 1.28 bits per heavy atom. The van der Waals surface area contributed by atoms with Gasteiger partial charge in [0.25, 0.3) is 0 Å². The molecule has 1 aromatic carbocycles. The van der Waals surface area contributed by atoms with Crippen molar-refractivity contribution in [2.75, 3.05) is 34.0 Å². The molecule has 1 saturated heterocycles. The van der Waals surface area contributed by atoms with Crippen molar-refractivity contribution < 1.29 is 24.1 Å². The van der Waals surface area contributed by atoms with E-state index in [0.717, 1.165) is 5.56 Å². The number of ether oxygens (including phenoxy) is 3. The van der Waals surface area contributed by atoms with Gasteiger partial charge in [0.1, 0.15) is 17.6 Å². The van der Waals surface area contributed by atoms with Gasteiger partial charge in [-0.2, -0.15) is 0 Å². The van der Waals surface area contributed by atoms with Crippen molar-refractivity contribution >= 4 is 18.3 Å². The first-order valence-electron chi connectivity index (χ1n) is 8.08. The molecule has 2 aliphatic rings. The second-order valence-electron chi connectivity index (χ2n) is 6.33. The number of hydrogen-bond donors (Lipinski definition) is 2. The van der Waals surface area contributed by atoms with E-state index in [0.29, 0.717) is 49.7 Å². The number of rotatable bonds is 3. The first-order valence-corrected chi connectivity index (χ1v) is 8.08. The molecular weight excluding hydrogens is 348 g/mol. The Morgan fingerprint density at radius 2 is 1.88 bits per heavy atom. The molecule has 140 valence electrons. The molecule has 1 fully saturated rings. The molecule has 25 heavy (non-hydrogen) atoms. The standard InChI is InChI=1S/C17H24N2O5.ClH/c1-22-13-3-4-14(23-2)15-11(13)9-19(10-12(15)20)16(21)17(18)5-7-24-8-6-17;/h3-4,12,20H,5-10,18H2,1-2H3;1H. The fourth-order valence-electron chi connectivity index (χ4n) is 3.50. The van der Waals surface area contributed by atoms with E-state index in [-0.39, 0.29) is 24.9 Å². The van der Waals surface area contributed by atoms with Crippen LogP contribution in [-0.4, -0.2) is 55.4 Å². The molecule has 0 aromatic heterocycles. The summed E-state index contributed by atoms with van der Waals surface area (Å²) in [5, 5.41) is 10.6. The highest BCUT2D eigenvalue weighted by molar-refractivity contribution is 5.86. The molecule has 0 spiro atoms. The number of amides is 1. The predicted molar refractivity (Wildman–Crippen MR) is 94.1 cm³/mol. The number of β-amino-alcohol motifs (C(OH)–C–C–N with tert-alkyl or cyclic N) is 1. The number of carbonyl (C=O) groups is 1. The SMILES string of the molecule is COc1ccc(OC)c2c1CN(C(=O)C1(N)CCOCC1)CC2O.Cl. The molecular formula is C17H25ClN2O5. The van der Waals surface area contributed by atoms with Crippen molar-refractivity contribution in [3.8, 4) is 11.5 Å². The number of methoxy groups -OCH3 is 2. The zero-order chi connectivity index (χ0) is 17.3. The molecule has 0 bridgehead atoms. The summed E-state index contributed by atoms with van der Waals surface area (Å²) in [6.07, 6.45) is 0.132. The highest BCUT2D eigenvalue weighted by Crippen LogP contribution is 2.40. The quantitative estimate of drug-likeness (QED) is 0.822. The van der Waals surface area contributed by atoms with Crippen LogP contribution in [-0.2, 0) is 16.1 Å². The largest absolute Gasteiger partial charge is 0.496 e. The fourth-order valence-corrected chi connectivity index (χ4v) is 3.50. The maximum atomic E-state index is 12.9. The number of hydrogen-bond acceptors (Lipinski definition) is 6.